The molecule has 3 rings (SSSR count). The number of halogens is 1. The van der Waals surface area contributed by atoms with Crippen molar-refractivity contribution in [2.24, 2.45) is 28.5 Å². The van der Waals surface area contributed by atoms with Crippen LogP contribution in [0.15, 0.2) is 29.3 Å². The van der Waals surface area contributed by atoms with Crippen molar-refractivity contribution >= 4 is 35.6 Å². The van der Waals surface area contributed by atoms with Gasteiger partial charge in [-0.3, -0.25) is 4.99 Å². The Morgan fingerprint density at radius 2 is 2.24 bits per heavy atom. The zero-order valence-corrected chi connectivity index (χ0v) is 14.7. The second-order valence-corrected chi connectivity index (χ2v) is 6.02. The lowest BCUT2D eigenvalue weighted by atomic mass is 9.89. The molecule has 4 nitrogen and oxygen atoms in total. The van der Waals surface area contributed by atoms with E-state index in [1.807, 2.05) is 24.3 Å². The highest BCUT2D eigenvalue weighted by atomic mass is 127. The van der Waals surface area contributed by atoms with Crippen molar-refractivity contribution in [3.8, 4) is 5.75 Å². The van der Waals surface area contributed by atoms with E-state index >= 15 is 0 Å². The van der Waals surface area contributed by atoms with Crippen molar-refractivity contribution in [2.75, 3.05) is 19.0 Å². The number of nitrogens with two attached hydrogens (primary N) is 1. The van der Waals surface area contributed by atoms with Crippen LogP contribution in [0.2, 0.25) is 0 Å². The molecule has 2 bridgehead atoms. The number of hydrogen-bond donors (Lipinski definition) is 2. The van der Waals surface area contributed by atoms with Gasteiger partial charge in [-0.15, -0.1) is 24.0 Å². The number of fused-ring (bicyclic) bond motifs is 2. The van der Waals surface area contributed by atoms with Crippen LogP contribution >= 0.6 is 24.0 Å². The van der Waals surface area contributed by atoms with Gasteiger partial charge in [0.25, 0.3) is 0 Å². The van der Waals surface area contributed by atoms with Crippen molar-refractivity contribution in [2.45, 2.75) is 25.7 Å². The van der Waals surface area contributed by atoms with Crippen molar-refractivity contribution in [3.63, 3.8) is 0 Å². The van der Waals surface area contributed by atoms with E-state index in [2.05, 4.69) is 10.3 Å². The molecule has 0 spiro atoms. The van der Waals surface area contributed by atoms with Crippen LogP contribution in [0, 0.1) is 17.8 Å². The SMILES string of the molecule is COc1cccc(NC(N)=NCC2CC3CCC2C3)c1.I. The standard InChI is InChI=1S/C16H23N3O.HI/c1-20-15-4-2-3-14(9-15)19-16(17)18-10-13-8-11-5-6-12(13)7-11;/h2-4,9,11-13H,5-8,10H2,1H3,(H3,17,18,19);1H. The lowest BCUT2D eigenvalue weighted by Gasteiger charge is -2.19. The van der Waals surface area contributed by atoms with Gasteiger partial charge in [0.2, 0.25) is 0 Å². The average molecular weight is 401 g/mol. The maximum Gasteiger partial charge on any atom is 0.193 e. The van der Waals surface area contributed by atoms with E-state index in [0.29, 0.717) is 5.96 Å². The summed E-state index contributed by atoms with van der Waals surface area (Å²) in [5.41, 5.74) is 6.89. The second kappa shape index (κ2) is 7.33. The molecule has 0 saturated heterocycles. The molecule has 21 heavy (non-hydrogen) atoms. The fourth-order valence-corrected chi connectivity index (χ4v) is 3.70. The third-order valence-corrected chi connectivity index (χ3v) is 4.72. The Labute approximate surface area is 143 Å². The number of methoxy groups -OCH3 is 1. The van der Waals surface area contributed by atoms with E-state index in [9.17, 15) is 0 Å². The molecule has 5 heteroatoms. The number of aliphatic imine (C=N–C) groups is 1. The van der Waals surface area contributed by atoms with E-state index < -0.39 is 0 Å². The maximum absolute atomic E-state index is 5.97. The quantitative estimate of drug-likeness (QED) is 0.462. The molecule has 0 amide bonds. The van der Waals surface area contributed by atoms with Crippen LogP contribution in [-0.4, -0.2) is 19.6 Å². The van der Waals surface area contributed by atoms with E-state index in [1.54, 1.807) is 7.11 Å². The first kappa shape index (κ1) is 16.4. The van der Waals surface area contributed by atoms with E-state index in [0.717, 1.165) is 35.7 Å². The Morgan fingerprint density at radius 3 is 2.90 bits per heavy atom. The predicted molar refractivity (Wildman–Crippen MR) is 97.5 cm³/mol. The third-order valence-electron chi connectivity index (χ3n) is 4.72. The molecule has 1 aromatic rings. The van der Waals surface area contributed by atoms with Gasteiger partial charge in [0.05, 0.1) is 7.11 Å². The van der Waals surface area contributed by atoms with Crippen LogP contribution in [0.4, 0.5) is 5.69 Å². The van der Waals surface area contributed by atoms with E-state index in [-0.39, 0.29) is 24.0 Å². The third kappa shape index (κ3) is 4.02. The Morgan fingerprint density at radius 1 is 1.38 bits per heavy atom. The number of hydrogen-bond acceptors (Lipinski definition) is 2. The van der Waals surface area contributed by atoms with Crippen LogP contribution in [0.25, 0.3) is 0 Å². The lowest BCUT2D eigenvalue weighted by molar-refractivity contribution is 0.342. The fraction of sp³-hybridized carbons (Fsp3) is 0.562. The van der Waals surface area contributed by atoms with Crippen molar-refractivity contribution in [1.82, 2.24) is 0 Å². The zero-order valence-electron chi connectivity index (χ0n) is 12.4. The second-order valence-electron chi connectivity index (χ2n) is 6.02. The zero-order chi connectivity index (χ0) is 13.9. The molecule has 1 aromatic carbocycles. The Bertz CT molecular complexity index is 506. The molecule has 0 aromatic heterocycles. The number of anilines is 1. The Kier molecular flexibility index (Phi) is 5.72. The molecular formula is C16H24IN3O. The van der Waals surface area contributed by atoms with Gasteiger partial charge in [-0.1, -0.05) is 12.5 Å². The normalized spacial score (nSPS) is 27.3. The number of benzene rings is 1. The smallest absolute Gasteiger partial charge is 0.193 e. The summed E-state index contributed by atoms with van der Waals surface area (Å²) in [4.78, 5) is 4.52. The van der Waals surface area contributed by atoms with Crippen molar-refractivity contribution < 1.29 is 4.74 Å². The summed E-state index contributed by atoms with van der Waals surface area (Å²) in [6, 6.07) is 7.72. The maximum atomic E-state index is 5.97. The van der Waals surface area contributed by atoms with Gasteiger partial charge in [0.1, 0.15) is 5.75 Å². The minimum atomic E-state index is 0. The highest BCUT2D eigenvalue weighted by Crippen LogP contribution is 2.48. The van der Waals surface area contributed by atoms with Crippen LogP contribution < -0.4 is 15.8 Å². The molecule has 0 heterocycles. The van der Waals surface area contributed by atoms with Gasteiger partial charge in [0, 0.05) is 18.3 Å². The van der Waals surface area contributed by atoms with E-state index in [1.165, 1.54) is 25.7 Å². The first-order valence-corrected chi connectivity index (χ1v) is 7.45. The molecule has 116 valence electrons. The van der Waals surface area contributed by atoms with Gasteiger partial charge >= 0.3 is 0 Å². The van der Waals surface area contributed by atoms with Crippen LogP contribution in [0.5, 0.6) is 5.75 Å². The molecule has 2 fully saturated rings. The number of ether oxygens (including phenoxy) is 1. The highest BCUT2D eigenvalue weighted by molar-refractivity contribution is 14.0. The van der Waals surface area contributed by atoms with Crippen LogP contribution in [0.1, 0.15) is 25.7 Å². The molecule has 2 aliphatic carbocycles. The summed E-state index contributed by atoms with van der Waals surface area (Å²) in [6.07, 6.45) is 5.60. The number of guanidine groups is 1. The van der Waals surface area contributed by atoms with Crippen molar-refractivity contribution in [1.29, 1.82) is 0 Å². The summed E-state index contributed by atoms with van der Waals surface area (Å²) in [5, 5.41) is 3.13. The molecule has 3 atom stereocenters. The fourth-order valence-electron chi connectivity index (χ4n) is 3.70. The van der Waals surface area contributed by atoms with Gasteiger partial charge < -0.3 is 15.8 Å². The molecule has 0 radical (unpaired) electrons. The Balaban J connectivity index is 0.00000161. The minimum absolute atomic E-state index is 0. The van der Waals surface area contributed by atoms with Gasteiger partial charge in [0.15, 0.2) is 5.96 Å². The summed E-state index contributed by atoms with van der Waals surface area (Å²) in [5.74, 6) is 3.93. The number of nitrogens with one attached hydrogen (secondary N) is 1. The average Bonchev–Trinajstić information content (AvgIpc) is 3.08. The molecule has 2 saturated carbocycles. The lowest BCUT2D eigenvalue weighted by Crippen LogP contribution is -2.24. The summed E-state index contributed by atoms with van der Waals surface area (Å²) in [7, 11) is 1.66. The number of nitrogens with zero attached hydrogens (tertiary/aromatic N) is 1. The summed E-state index contributed by atoms with van der Waals surface area (Å²) < 4.78 is 5.19. The Hall–Kier alpha value is -0.980. The molecule has 0 aliphatic heterocycles. The van der Waals surface area contributed by atoms with Crippen molar-refractivity contribution in [3.05, 3.63) is 24.3 Å². The monoisotopic (exact) mass is 401 g/mol. The van der Waals surface area contributed by atoms with Crippen LogP contribution in [-0.2, 0) is 0 Å². The minimum Gasteiger partial charge on any atom is -0.497 e. The molecule has 3 N–H and O–H groups in total. The summed E-state index contributed by atoms with van der Waals surface area (Å²) in [6.45, 7) is 0.865. The highest BCUT2D eigenvalue weighted by Gasteiger charge is 2.39. The van der Waals surface area contributed by atoms with Gasteiger partial charge in [-0.25, -0.2) is 0 Å². The summed E-state index contributed by atoms with van der Waals surface area (Å²) >= 11 is 0. The van der Waals surface area contributed by atoms with Crippen LogP contribution in [0.3, 0.4) is 0 Å². The molecule has 3 unspecified atom stereocenters. The van der Waals surface area contributed by atoms with Gasteiger partial charge in [-0.05, 0) is 49.1 Å². The molecule has 2 aliphatic rings. The predicted octanol–water partition coefficient (Wildman–Crippen LogP) is 3.48. The number of rotatable bonds is 4. The first-order chi connectivity index (χ1) is 9.74. The topological polar surface area (TPSA) is 59.6 Å². The van der Waals surface area contributed by atoms with E-state index in [4.69, 9.17) is 10.5 Å². The van der Waals surface area contributed by atoms with Gasteiger partial charge in [-0.2, -0.15) is 0 Å². The first-order valence-electron chi connectivity index (χ1n) is 7.45. The largest absolute Gasteiger partial charge is 0.497 e. The molecular weight excluding hydrogens is 377 g/mol.